The van der Waals surface area contributed by atoms with E-state index in [0.29, 0.717) is 0 Å². The Morgan fingerprint density at radius 3 is 2.50 bits per heavy atom. The third-order valence-corrected chi connectivity index (χ3v) is 5.24. The number of hydrogen-bond donors (Lipinski definition) is 4. The van der Waals surface area contributed by atoms with Gasteiger partial charge in [-0.3, -0.25) is 0 Å². The lowest BCUT2D eigenvalue weighted by Gasteiger charge is -2.11. The van der Waals surface area contributed by atoms with Gasteiger partial charge in [0.15, 0.2) is 0 Å². The molecule has 0 bridgehead atoms. The van der Waals surface area contributed by atoms with Crippen LogP contribution in [0.15, 0.2) is 85.1 Å². The molecule has 0 unspecified atom stereocenters. The minimum Gasteiger partial charge on any atom is -0.505 e. The summed E-state index contributed by atoms with van der Waals surface area (Å²) in [4.78, 5) is 16.7. The molecule has 4 N–H and O–H groups in total. The van der Waals surface area contributed by atoms with Gasteiger partial charge in [0.2, 0.25) is 0 Å². The Morgan fingerprint density at radius 2 is 1.89 bits per heavy atom. The van der Waals surface area contributed by atoms with Gasteiger partial charge >= 0.3 is 6.03 Å². The average Bonchev–Trinajstić information content (AvgIpc) is 3.35. The van der Waals surface area contributed by atoms with Crippen molar-refractivity contribution in [3.8, 4) is 0 Å². The van der Waals surface area contributed by atoms with Gasteiger partial charge in [0, 0.05) is 43.4 Å². The molecule has 2 amide bonds. The number of nitrogens with one attached hydrogen (secondary N) is 3. The monoisotopic (exact) mass is 541 g/mol. The highest BCUT2D eigenvalue weighted by atomic mass is 32.2. The maximum atomic E-state index is 12.4. The highest BCUT2D eigenvalue weighted by molar-refractivity contribution is 7.99. The van der Waals surface area contributed by atoms with E-state index in [0.717, 1.165) is 52.9 Å². The van der Waals surface area contributed by atoms with Crippen molar-refractivity contribution in [3.05, 3.63) is 90.6 Å². The molecule has 38 heavy (non-hydrogen) atoms. The summed E-state index contributed by atoms with van der Waals surface area (Å²) < 4.78 is 9.63. The molecule has 0 saturated carbocycles. The smallest absolute Gasteiger partial charge is 0.323 e. The van der Waals surface area contributed by atoms with E-state index in [2.05, 4.69) is 42.3 Å². The number of pyridine rings is 1. The van der Waals surface area contributed by atoms with Gasteiger partial charge in [0.1, 0.15) is 5.82 Å². The number of ether oxygens (including phenoxy) is 1. The van der Waals surface area contributed by atoms with E-state index in [1.54, 1.807) is 7.11 Å². The number of anilines is 2. The fraction of sp³-hybridized carbons (Fsp3) is 0.310. The first-order chi connectivity index (χ1) is 18.4. The van der Waals surface area contributed by atoms with Crippen molar-refractivity contribution in [3.63, 3.8) is 0 Å². The molecular weight excluding hydrogens is 498 g/mol. The standard InChI is InChI=1S/C23H27N5OS.C3H6O.C2H6.CH4O/c1-5-16(2)13-17(3)25-23(29)26-20-7-6-8-21-19(20)10-12-28(21)15-18-9-11-24-22(14-18)27-30-4;1-3-4-2;2*1-2/h5-14H,15H2,1-4H3,(H,24,27)(H2,25,26,29);3H,1H2,2H3;1-2H3;2H,1H3/b16-5-,17-13+;;;. The molecule has 0 atom stereocenters. The maximum absolute atomic E-state index is 12.4. The molecule has 0 saturated heterocycles. The summed E-state index contributed by atoms with van der Waals surface area (Å²) in [6.45, 7) is 13.8. The van der Waals surface area contributed by atoms with Gasteiger partial charge in [0.05, 0.1) is 24.6 Å². The van der Waals surface area contributed by atoms with Crippen LogP contribution < -0.4 is 15.4 Å². The van der Waals surface area contributed by atoms with Crippen LogP contribution in [-0.2, 0) is 11.3 Å². The van der Waals surface area contributed by atoms with Crippen molar-refractivity contribution in [2.75, 3.05) is 30.5 Å². The Morgan fingerprint density at radius 1 is 1.21 bits per heavy atom. The van der Waals surface area contributed by atoms with Crippen LogP contribution in [0, 0.1) is 0 Å². The van der Waals surface area contributed by atoms with E-state index >= 15 is 0 Å². The lowest BCUT2D eigenvalue weighted by Crippen LogP contribution is -2.27. The molecule has 0 aliphatic heterocycles. The van der Waals surface area contributed by atoms with Crippen LogP contribution in [0.1, 0.15) is 40.2 Å². The van der Waals surface area contributed by atoms with Crippen molar-refractivity contribution < 1.29 is 14.6 Å². The summed E-state index contributed by atoms with van der Waals surface area (Å²) in [5.74, 6) is 0.840. The summed E-state index contributed by atoms with van der Waals surface area (Å²) in [6.07, 6.45) is 11.1. The van der Waals surface area contributed by atoms with Crippen LogP contribution in [0.2, 0.25) is 0 Å². The lowest BCUT2D eigenvalue weighted by molar-refractivity contribution is 0.254. The zero-order valence-corrected chi connectivity index (χ0v) is 24.6. The quantitative estimate of drug-likeness (QED) is 0.137. The summed E-state index contributed by atoms with van der Waals surface area (Å²) in [5.41, 5.74) is 4.87. The first-order valence-electron chi connectivity index (χ1n) is 12.2. The molecule has 0 aliphatic rings. The topological polar surface area (TPSA) is 100 Å². The van der Waals surface area contributed by atoms with E-state index in [9.17, 15) is 4.79 Å². The number of amides is 2. The summed E-state index contributed by atoms with van der Waals surface area (Å²) in [6, 6.07) is 11.7. The zero-order valence-electron chi connectivity index (χ0n) is 23.8. The van der Waals surface area contributed by atoms with E-state index in [4.69, 9.17) is 5.11 Å². The van der Waals surface area contributed by atoms with Crippen molar-refractivity contribution in [1.29, 1.82) is 0 Å². The number of fused-ring (bicyclic) bond motifs is 1. The molecule has 208 valence electrons. The zero-order chi connectivity index (χ0) is 28.9. The maximum Gasteiger partial charge on any atom is 0.323 e. The molecule has 0 fully saturated rings. The van der Waals surface area contributed by atoms with Crippen LogP contribution >= 0.6 is 11.9 Å². The number of urea groups is 1. The first kappa shape index (κ1) is 34.3. The van der Waals surface area contributed by atoms with Crippen LogP contribution in [-0.4, -0.2) is 41.2 Å². The van der Waals surface area contributed by atoms with Crippen molar-refractivity contribution in [2.24, 2.45) is 0 Å². The van der Waals surface area contributed by atoms with Gasteiger partial charge < -0.3 is 29.8 Å². The fourth-order valence-electron chi connectivity index (χ4n) is 3.19. The highest BCUT2D eigenvalue weighted by Gasteiger charge is 2.09. The van der Waals surface area contributed by atoms with Crippen LogP contribution in [0.25, 0.3) is 10.9 Å². The number of hydrogen-bond acceptors (Lipinski definition) is 6. The predicted octanol–water partition coefficient (Wildman–Crippen LogP) is 7.18. The molecule has 1 aromatic carbocycles. The molecular formula is C29H43N5O3S. The number of allylic oxidation sites excluding steroid dienone is 4. The number of rotatable bonds is 8. The van der Waals surface area contributed by atoms with E-state index in [1.807, 2.05) is 95.8 Å². The molecule has 0 radical (unpaired) electrons. The van der Waals surface area contributed by atoms with Crippen molar-refractivity contribution >= 4 is 40.4 Å². The fourth-order valence-corrected chi connectivity index (χ4v) is 3.51. The summed E-state index contributed by atoms with van der Waals surface area (Å²) >= 11 is 1.52. The largest absolute Gasteiger partial charge is 0.505 e. The first-order valence-corrected chi connectivity index (χ1v) is 13.4. The van der Waals surface area contributed by atoms with E-state index in [-0.39, 0.29) is 6.03 Å². The van der Waals surface area contributed by atoms with E-state index < -0.39 is 0 Å². The number of benzene rings is 1. The van der Waals surface area contributed by atoms with Crippen LogP contribution in [0.5, 0.6) is 0 Å². The number of aromatic nitrogens is 2. The Labute approximate surface area is 232 Å². The van der Waals surface area contributed by atoms with Crippen LogP contribution in [0.4, 0.5) is 16.3 Å². The molecule has 2 heterocycles. The minimum atomic E-state index is -0.255. The Balaban J connectivity index is 0.00000153. The number of aliphatic hydroxyl groups is 1. The van der Waals surface area contributed by atoms with Crippen molar-refractivity contribution in [2.45, 2.75) is 41.2 Å². The number of carbonyl (C=O) groups is 1. The second-order valence-electron chi connectivity index (χ2n) is 7.38. The molecule has 9 heteroatoms. The minimum absolute atomic E-state index is 0.255. The average molecular weight is 542 g/mol. The summed E-state index contributed by atoms with van der Waals surface area (Å²) in [7, 11) is 2.56. The number of carbonyl (C=O) groups excluding carboxylic acids is 1. The molecule has 0 spiro atoms. The molecule has 2 aromatic heterocycles. The summed E-state index contributed by atoms with van der Waals surface area (Å²) in [5, 5.41) is 13.8. The van der Waals surface area contributed by atoms with Crippen LogP contribution in [0.3, 0.4) is 0 Å². The third kappa shape index (κ3) is 12.0. The highest BCUT2D eigenvalue weighted by Crippen LogP contribution is 2.25. The van der Waals surface area contributed by atoms with Gasteiger partial charge in [0.25, 0.3) is 0 Å². The Bertz CT molecular complexity index is 1170. The van der Waals surface area contributed by atoms with Gasteiger partial charge in [-0.05, 0) is 62.7 Å². The number of nitrogens with zero attached hydrogens (tertiary/aromatic N) is 2. The molecule has 0 aliphatic carbocycles. The Kier molecular flexibility index (Phi) is 18.4. The second kappa shape index (κ2) is 20.4. The van der Waals surface area contributed by atoms with Gasteiger partial charge in [-0.15, -0.1) is 0 Å². The van der Waals surface area contributed by atoms with Gasteiger partial charge in [-0.2, -0.15) is 0 Å². The predicted molar refractivity (Wildman–Crippen MR) is 164 cm³/mol. The Hall–Kier alpha value is -3.69. The normalized spacial score (nSPS) is 10.4. The number of methoxy groups -OCH3 is 1. The van der Waals surface area contributed by atoms with Gasteiger partial charge in [-0.25, -0.2) is 9.78 Å². The SMILES string of the molecule is C/C=C(C)\C=C(/C)NC(=O)Nc1cccc2c1ccn2Cc1ccnc(NSC)c1.C=COC.CC.CO. The second-order valence-corrected chi connectivity index (χ2v) is 7.99. The molecule has 3 rings (SSSR count). The lowest BCUT2D eigenvalue weighted by atomic mass is 10.2. The van der Waals surface area contributed by atoms with E-state index in [1.165, 1.54) is 18.2 Å². The van der Waals surface area contributed by atoms with Gasteiger partial charge in [-0.1, -0.05) is 50.1 Å². The third-order valence-electron chi connectivity index (χ3n) is 4.82. The van der Waals surface area contributed by atoms with Crippen molar-refractivity contribution in [1.82, 2.24) is 14.9 Å². The number of aliphatic hydroxyl groups excluding tert-OH is 1. The molecule has 3 aromatic rings. The molecule has 8 nitrogen and oxygen atoms in total.